The molecule has 0 fully saturated rings. The highest BCUT2D eigenvalue weighted by atomic mass is 79.9. The Morgan fingerprint density at radius 2 is 1.85 bits per heavy atom. The number of aromatic nitrogens is 2. The second kappa shape index (κ2) is 9.24. The Labute approximate surface area is 202 Å². The molecule has 1 aromatic heterocycles. The van der Waals surface area contributed by atoms with Crippen LogP contribution < -0.4 is 16.0 Å². The van der Waals surface area contributed by atoms with Crippen molar-refractivity contribution in [1.82, 2.24) is 9.78 Å². The van der Waals surface area contributed by atoms with E-state index in [1.54, 1.807) is 23.1 Å². The molecule has 0 bridgehead atoms. The van der Waals surface area contributed by atoms with E-state index >= 15 is 0 Å². The molecule has 1 atom stereocenters. The van der Waals surface area contributed by atoms with E-state index in [1.807, 2.05) is 24.3 Å². The number of primary amides is 1. The Balaban J connectivity index is 1.83. The fourth-order valence-electron chi connectivity index (χ4n) is 3.88. The molecule has 2 heterocycles. The van der Waals surface area contributed by atoms with Crippen LogP contribution in [0.15, 0.2) is 53.0 Å². The first-order valence-electron chi connectivity index (χ1n) is 10.0. The van der Waals surface area contributed by atoms with Crippen LogP contribution in [0.5, 0.6) is 0 Å². The van der Waals surface area contributed by atoms with Gasteiger partial charge in [0.15, 0.2) is 5.69 Å². The van der Waals surface area contributed by atoms with Gasteiger partial charge < -0.3 is 21.1 Å². The molecule has 170 valence electrons. The van der Waals surface area contributed by atoms with Crippen LogP contribution in [0.1, 0.15) is 39.0 Å². The van der Waals surface area contributed by atoms with E-state index in [0.717, 1.165) is 28.8 Å². The SMILES string of the molecule is NC(=O)C(N1CCCc2ccccc21)n1nc(C(=O)O)c(Br)c1NC(=O)c1ccccc1Cl. The van der Waals surface area contributed by atoms with E-state index in [4.69, 9.17) is 17.3 Å². The zero-order valence-corrected chi connectivity index (χ0v) is 19.5. The van der Waals surface area contributed by atoms with Crippen LogP contribution in [0.4, 0.5) is 11.5 Å². The molecule has 1 unspecified atom stereocenters. The molecule has 2 amide bonds. The third-order valence-electron chi connectivity index (χ3n) is 5.33. The van der Waals surface area contributed by atoms with Gasteiger partial charge in [0.25, 0.3) is 11.8 Å². The van der Waals surface area contributed by atoms with Crippen molar-refractivity contribution in [3.63, 3.8) is 0 Å². The number of fused-ring (bicyclic) bond motifs is 1. The minimum atomic E-state index is -1.34. The number of carbonyl (C=O) groups excluding carboxylic acids is 2. The zero-order chi connectivity index (χ0) is 23.7. The number of aryl methyl sites for hydroxylation is 1. The molecule has 0 radical (unpaired) electrons. The number of nitrogens with zero attached hydrogens (tertiary/aromatic N) is 3. The normalized spacial score (nSPS) is 13.8. The summed E-state index contributed by atoms with van der Waals surface area (Å²) in [4.78, 5) is 39.2. The summed E-state index contributed by atoms with van der Waals surface area (Å²) in [6.07, 6.45) is 0.408. The first-order chi connectivity index (χ1) is 15.8. The van der Waals surface area contributed by atoms with Gasteiger partial charge in [0.1, 0.15) is 5.82 Å². The average molecular weight is 533 g/mol. The first-order valence-corrected chi connectivity index (χ1v) is 11.2. The summed E-state index contributed by atoms with van der Waals surface area (Å²) in [6.45, 7) is 0.488. The number of para-hydroxylation sites is 1. The highest BCUT2D eigenvalue weighted by Crippen LogP contribution is 2.36. The molecular weight excluding hydrogens is 514 g/mol. The number of carboxylic acids is 1. The van der Waals surface area contributed by atoms with E-state index in [-0.39, 0.29) is 26.6 Å². The standard InChI is InChI=1S/C22H19BrClN5O4/c23-16-17(22(32)33)27-29(19(16)26-20(31)13-8-2-3-9-14(13)24)21(18(25)30)28-11-5-7-12-6-1-4-10-15(12)28/h1-4,6,8-10,21H,5,7,11H2,(H2,25,30)(H,26,31)(H,32,33). The molecule has 3 aromatic rings. The van der Waals surface area contributed by atoms with E-state index in [2.05, 4.69) is 26.3 Å². The molecular formula is C22H19BrClN5O4. The number of anilines is 2. The highest BCUT2D eigenvalue weighted by Gasteiger charge is 2.35. The van der Waals surface area contributed by atoms with E-state index in [1.165, 1.54) is 6.07 Å². The minimum absolute atomic E-state index is 0.00643. The van der Waals surface area contributed by atoms with Gasteiger partial charge in [-0.1, -0.05) is 41.9 Å². The molecule has 0 saturated carbocycles. The molecule has 33 heavy (non-hydrogen) atoms. The number of hydrogen-bond donors (Lipinski definition) is 3. The maximum absolute atomic E-state index is 13.0. The number of nitrogens with one attached hydrogen (secondary N) is 1. The van der Waals surface area contributed by atoms with Crippen molar-refractivity contribution >= 4 is 56.8 Å². The monoisotopic (exact) mass is 531 g/mol. The predicted molar refractivity (Wildman–Crippen MR) is 127 cm³/mol. The van der Waals surface area contributed by atoms with Gasteiger partial charge in [0, 0.05) is 12.2 Å². The summed E-state index contributed by atoms with van der Waals surface area (Å²) in [5.41, 5.74) is 7.41. The summed E-state index contributed by atoms with van der Waals surface area (Å²) in [7, 11) is 0. The fraction of sp³-hybridized carbons (Fsp3) is 0.182. The van der Waals surface area contributed by atoms with Crippen molar-refractivity contribution in [3.05, 3.63) is 74.8 Å². The fourth-order valence-corrected chi connectivity index (χ4v) is 4.63. The summed E-state index contributed by atoms with van der Waals surface area (Å²) in [5, 5.41) is 16.6. The van der Waals surface area contributed by atoms with E-state index < -0.39 is 23.9 Å². The molecule has 0 saturated heterocycles. The lowest BCUT2D eigenvalue weighted by molar-refractivity contribution is -0.121. The van der Waals surface area contributed by atoms with Gasteiger partial charge in [-0.05, 0) is 52.5 Å². The second-order valence-corrected chi connectivity index (χ2v) is 8.60. The van der Waals surface area contributed by atoms with E-state index in [0.29, 0.717) is 6.54 Å². The topological polar surface area (TPSA) is 131 Å². The lowest BCUT2D eigenvalue weighted by Gasteiger charge is -2.36. The van der Waals surface area contributed by atoms with Crippen molar-refractivity contribution < 1.29 is 19.5 Å². The van der Waals surface area contributed by atoms with Gasteiger partial charge in [0.05, 0.1) is 15.1 Å². The number of halogens is 2. The van der Waals surface area contributed by atoms with Gasteiger partial charge in [-0.3, -0.25) is 9.59 Å². The number of nitrogens with two attached hydrogens (primary N) is 1. The number of carbonyl (C=O) groups is 3. The quantitative estimate of drug-likeness (QED) is 0.444. The molecule has 9 nitrogen and oxygen atoms in total. The van der Waals surface area contributed by atoms with Crippen LogP contribution in [0.3, 0.4) is 0 Å². The third-order valence-corrected chi connectivity index (χ3v) is 6.41. The van der Waals surface area contributed by atoms with Crippen molar-refractivity contribution in [1.29, 1.82) is 0 Å². The van der Waals surface area contributed by atoms with Gasteiger partial charge in [0.2, 0.25) is 6.17 Å². The molecule has 0 aliphatic carbocycles. The average Bonchev–Trinajstić information content (AvgIpc) is 3.10. The Hall–Kier alpha value is -3.37. The summed E-state index contributed by atoms with van der Waals surface area (Å²) >= 11 is 9.35. The number of hydrogen-bond acceptors (Lipinski definition) is 5. The Kier molecular flexibility index (Phi) is 6.39. The maximum atomic E-state index is 13.0. The molecule has 4 N–H and O–H groups in total. The van der Waals surface area contributed by atoms with Crippen LogP contribution >= 0.6 is 27.5 Å². The van der Waals surface area contributed by atoms with Gasteiger partial charge in [-0.25, -0.2) is 9.48 Å². The van der Waals surface area contributed by atoms with Crippen molar-refractivity contribution in [2.24, 2.45) is 5.73 Å². The Bertz CT molecular complexity index is 1260. The molecule has 11 heteroatoms. The number of carboxylic acid groups (broad SMARTS) is 1. The smallest absolute Gasteiger partial charge is 0.357 e. The van der Waals surface area contributed by atoms with Crippen LogP contribution in [0, 0.1) is 0 Å². The third kappa shape index (κ3) is 4.31. The number of aromatic carboxylic acids is 1. The Morgan fingerprint density at radius 1 is 1.15 bits per heavy atom. The Morgan fingerprint density at radius 3 is 2.55 bits per heavy atom. The van der Waals surface area contributed by atoms with Crippen molar-refractivity contribution in [3.8, 4) is 0 Å². The largest absolute Gasteiger partial charge is 0.476 e. The molecule has 1 aliphatic rings. The van der Waals surface area contributed by atoms with Gasteiger partial charge >= 0.3 is 5.97 Å². The van der Waals surface area contributed by atoms with Gasteiger partial charge in [-0.2, -0.15) is 5.10 Å². The van der Waals surface area contributed by atoms with Crippen LogP contribution in [0.25, 0.3) is 0 Å². The number of benzene rings is 2. The minimum Gasteiger partial charge on any atom is -0.476 e. The lowest BCUT2D eigenvalue weighted by Crippen LogP contribution is -2.45. The predicted octanol–water partition coefficient (Wildman–Crippen LogP) is 3.69. The van der Waals surface area contributed by atoms with Gasteiger partial charge in [-0.15, -0.1) is 0 Å². The summed E-state index contributed by atoms with van der Waals surface area (Å²) in [5.74, 6) is -2.71. The second-order valence-electron chi connectivity index (χ2n) is 7.40. The van der Waals surface area contributed by atoms with Crippen LogP contribution in [0.2, 0.25) is 5.02 Å². The molecule has 1 aliphatic heterocycles. The number of rotatable bonds is 6. The lowest BCUT2D eigenvalue weighted by atomic mass is 10.0. The number of amides is 2. The zero-order valence-electron chi connectivity index (χ0n) is 17.2. The molecule has 4 rings (SSSR count). The highest BCUT2D eigenvalue weighted by molar-refractivity contribution is 9.10. The summed E-state index contributed by atoms with van der Waals surface area (Å²) < 4.78 is 1.14. The maximum Gasteiger partial charge on any atom is 0.357 e. The van der Waals surface area contributed by atoms with Crippen molar-refractivity contribution in [2.45, 2.75) is 19.0 Å². The van der Waals surface area contributed by atoms with Crippen molar-refractivity contribution in [2.75, 3.05) is 16.8 Å². The summed E-state index contributed by atoms with van der Waals surface area (Å²) in [6, 6.07) is 14.0. The van der Waals surface area contributed by atoms with E-state index in [9.17, 15) is 19.5 Å². The first kappa shape index (κ1) is 22.8. The van der Waals surface area contributed by atoms with Crippen LogP contribution in [-0.4, -0.2) is 39.2 Å². The molecule has 2 aromatic carbocycles. The molecule has 0 spiro atoms. The van der Waals surface area contributed by atoms with Crippen LogP contribution in [-0.2, 0) is 11.2 Å².